The maximum Gasteiger partial charge on any atom is 0.220 e. The van der Waals surface area contributed by atoms with Gasteiger partial charge in [-0.2, -0.15) is 0 Å². The first-order valence-corrected chi connectivity index (χ1v) is 17.9. The molecule has 0 unspecified atom stereocenters. The summed E-state index contributed by atoms with van der Waals surface area (Å²) < 4.78 is 11.5. The van der Waals surface area contributed by atoms with Crippen LogP contribution in [0.25, 0.3) is 33.6 Å². The molecule has 2 aromatic heterocycles. The van der Waals surface area contributed by atoms with E-state index >= 15 is 0 Å². The van der Waals surface area contributed by atoms with Crippen molar-refractivity contribution in [3.8, 4) is 45.3 Å². The van der Waals surface area contributed by atoms with Crippen molar-refractivity contribution in [3.05, 3.63) is 80.9 Å². The molecule has 3 aliphatic heterocycles. The Morgan fingerprint density at radius 3 is 2.20 bits per heavy atom. The normalized spacial score (nSPS) is 18.2. The van der Waals surface area contributed by atoms with Crippen LogP contribution in [0.4, 0.5) is 0 Å². The number of pyridine rings is 2. The van der Waals surface area contributed by atoms with Gasteiger partial charge in [0.1, 0.15) is 10.9 Å². The second-order valence-corrected chi connectivity index (χ2v) is 14.6. The van der Waals surface area contributed by atoms with Crippen LogP contribution < -0.4 is 20.1 Å². The molecule has 12 heteroatoms. The van der Waals surface area contributed by atoms with E-state index in [2.05, 4.69) is 15.5 Å². The van der Waals surface area contributed by atoms with Gasteiger partial charge in [-0.25, -0.2) is 9.97 Å². The van der Waals surface area contributed by atoms with E-state index in [4.69, 9.17) is 54.2 Å². The number of methoxy groups -OCH3 is 2. The summed E-state index contributed by atoms with van der Waals surface area (Å²) >= 11 is 21.0. The molecule has 50 heavy (non-hydrogen) atoms. The minimum atomic E-state index is 0.0129. The average molecular weight is 735 g/mol. The van der Waals surface area contributed by atoms with Crippen LogP contribution >= 0.6 is 34.8 Å². The van der Waals surface area contributed by atoms with Crippen LogP contribution in [0.3, 0.4) is 0 Å². The standard InChI is InChI=1S/C38H38Cl3N5O4/c1-49-31-16-30(44-36(41)28(31)18-46-20-38(21-46)17-33(48)42-19-38)27-11-5-9-25(35(27)40)24-8-4-10-26(34(24)39)29-14-12-22(37(45-29)50-2)6-3-7-23-13-15-32(47)43-23/h4-5,8-12,14,16,23H,3,6-7,13,15,17-21H2,1-2H3,(H,42,48)(H,43,47)/t23-/m1/s1. The van der Waals surface area contributed by atoms with Crippen molar-refractivity contribution in [2.45, 2.75) is 51.1 Å². The van der Waals surface area contributed by atoms with E-state index in [1.807, 2.05) is 54.6 Å². The Bertz CT molecular complexity index is 1970. The largest absolute Gasteiger partial charge is 0.496 e. The van der Waals surface area contributed by atoms with Crippen molar-refractivity contribution < 1.29 is 19.1 Å². The predicted molar refractivity (Wildman–Crippen MR) is 196 cm³/mol. The fraction of sp³-hybridized carbons (Fsp3) is 0.368. The zero-order valence-electron chi connectivity index (χ0n) is 28.0. The molecule has 0 saturated carbocycles. The number of hydrogen-bond acceptors (Lipinski definition) is 7. The molecule has 1 spiro atoms. The highest BCUT2D eigenvalue weighted by atomic mass is 35.5. The Morgan fingerprint density at radius 2 is 1.58 bits per heavy atom. The topological polar surface area (TPSA) is 106 Å². The highest BCUT2D eigenvalue weighted by molar-refractivity contribution is 6.39. The Kier molecular flexibility index (Phi) is 9.94. The monoisotopic (exact) mass is 733 g/mol. The lowest BCUT2D eigenvalue weighted by Gasteiger charge is -2.47. The number of aromatic nitrogens is 2. The molecule has 0 bridgehead atoms. The molecule has 5 heterocycles. The SMILES string of the molecule is COc1cc(-c2cccc(-c3cccc(-c4ccc(CCC[C@@H]5CCC(=O)N5)c(OC)n4)c3Cl)c2Cl)nc(Cl)c1CN1CC2(CNC(=O)C2)C1. The minimum absolute atomic E-state index is 0.0129. The number of carbonyl (C=O) groups is 2. The fourth-order valence-corrected chi connectivity index (χ4v) is 8.38. The number of rotatable bonds is 11. The molecule has 260 valence electrons. The van der Waals surface area contributed by atoms with E-state index in [0.29, 0.717) is 69.7 Å². The van der Waals surface area contributed by atoms with E-state index in [1.165, 1.54) is 0 Å². The lowest BCUT2D eigenvalue weighted by Crippen LogP contribution is -2.56. The van der Waals surface area contributed by atoms with Crippen LogP contribution in [-0.2, 0) is 22.6 Å². The van der Waals surface area contributed by atoms with Crippen LogP contribution in [0, 0.1) is 5.41 Å². The third kappa shape index (κ3) is 6.89. The number of aryl methyl sites for hydroxylation is 1. The molecular formula is C38H38Cl3N5O4. The molecule has 9 nitrogen and oxygen atoms in total. The molecule has 4 aromatic rings. The molecule has 1 atom stereocenters. The lowest BCUT2D eigenvalue weighted by atomic mass is 9.79. The Hall–Kier alpha value is -3.89. The van der Waals surface area contributed by atoms with Gasteiger partial charge in [-0.05, 0) is 31.7 Å². The number of nitrogens with one attached hydrogen (secondary N) is 2. The molecule has 2 aromatic carbocycles. The number of benzene rings is 2. The van der Waals surface area contributed by atoms with Crippen LogP contribution in [0.2, 0.25) is 15.2 Å². The lowest BCUT2D eigenvalue weighted by molar-refractivity contribution is -0.121. The van der Waals surface area contributed by atoms with E-state index in [9.17, 15) is 9.59 Å². The summed E-state index contributed by atoms with van der Waals surface area (Å²) in [4.78, 5) is 35.2. The maximum absolute atomic E-state index is 11.8. The van der Waals surface area contributed by atoms with E-state index in [1.54, 1.807) is 14.2 Å². The Balaban J connectivity index is 1.12. The number of ether oxygens (including phenoxy) is 2. The number of nitrogens with zero attached hydrogens (tertiary/aromatic N) is 3. The summed E-state index contributed by atoms with van der Waals surface area (Å²) in [5, 5.41) is 7.31. The molecule has 7 rings (SSSR count). The first kappa shape index (κ1) is 34.6. The molecule has 2 amide bonds. The first-order valence-electron chi connectivity index (χ1n) is 16.8. The first-order chi connectivity index (χ1) is 24.2. The fourth-order valence-electron chi connectivity index (χ4n) is 7.49. The van der Waals surface area contributed by atoms with Crippen LogP contribution in [-0.4, -0.2) is 66.6 Å². The summed E-state index contributed by atoms with van der Waals surface area (Å²) in [5.74, 6) is 1.43. The number of hydrogen-bond donors (Lipinski definition) is 2. The summed E-state index contributed by atoms with van der Waals surface area (Å²) in [6.07, 6.45) is 4.70. The van der Waals surface area contributed by atoms with E-state index in [-0.39, 0.29) is 23.3 Å². The van der Waals surface area contributed by atoms with Gasteiger partial charge in [0.15, 0.2) is 0 Å². The third-order valence-corrected chi connectivity index (χ3v) is 11.1. The van der Waals surface area contributed by atoms with Gasteiger partial charge < -0.3 is 20.1 Å². The minimum Gasteiger partial charge on any atom is -0.496 e. The average Bonchev–Trinajstić information content (AvgIpc) is 3.70. The van der Waals surface area contributed by atoms with Gasteiger partial charge in [0.05, 0.1) is 35.7 Å². The molecule has 2 N–H and O–H groups in total. The van der Waals surface area contributed by atoms with Gasteiger partial charge >= 0.3 is 0 Å². The number of likely N-dealkylation sites (tertiary alicyclic amines) is 1. The van der Waals surface area contributed by atoms with Gasteiger partial charge in [-0.3, -0.25) is 14.5 Å². The van der Waals surface area contributed by atoms with Crippen molar-refractivity contribution in [2.75, 3.05) is 33.9 Å². The van der Waals surface area contributed by atoms with E-state index < -0.39 is 0 Å². The Morgan fingerprint density at radius 1 is 0.880 bits per heavy atom. The molecular weight excluding hydrogens is 697 g/mol. The quantitative estimate of drug-likeness (QED) is 0.155. The molecule has 0 aliphatic carbocycles. The second-order valence-electron chi connectivity index (χ2n) is 13.5. The zero-order valence-corrected chi connectivity index (χ0v) is 30.2. The summed E-state index contributed by atoms with van der Waals surface area (Å²) in [5.41, 5.74) is 6.02. The van der Waals surface area contributed by atoms with Crippen molar-refractivity contribution in [1.82, 2.24) is 25.5 Å². The zero-order chi connectivity index (χ0) is 35.0. The smallest absolute Gasteiger partial charge is 0.220 e. The van der Waals surface area contributed by atoms with Crippen LogP contribution in [0.15, 0.2) is 54.6 Å². The van der Waals surface area contributed by atoms with E-state index in [0.717, 1.165) is 66.6 Å². The van der Waals surface area contributed by atoms with Gasteiger partial charge in [0.25, 0.3) is 0 Å². The summed E-state index contributed by atoms with van der Waals surface area (Å²) in [6.45, 7) is 2.92. The van der Waals surface area contributed by atoms with Crippen molar-refractivity contribution >= 4 is 46.6 Å². The number of amides is 2. The van der Waals surface area contributed by atoms with Crippen molar-refractivity contribution in [1.29, 1.82) is 0 Å². The van der Waals surface area contributed by atoms with Gasteiger partial charge in [0.2, 0.25) is 17.7 Å². The number of carbonyl (C=O) groups excluding carboxylic acids is 2. The summed E-state index contributed by atoms with van der Waals surface area (Å²) in [6, 6.07) is 17.6. The van der Waals surface area contributed by atoms with Crippen LogP contribution in [0.5, 0.6) is 11.6 Å². The molecule has 0 radical (unpaired) electrons. The number of halogens is 3. The molecule has 3 saturated heterocycles. The van der Waals surface area contributed by atoms with Crippen molar-refractivity contribution in [2.24, 2.45) is 5.41 Å². The predicted octanol–water partition coefficient (Wildman–Crippen LogP) is 7.38. The second kappa shape index (κ2) is 14.4. The third-order valence-electron chi connectivity index (χ3n) is 10.0. The van der Waals surface area contributed by atoms with Gasteiger partial charge in [-0.15, -0.1) is 0 Å². The molecule has 3 aliphatic rings. The molecule has 3 fully saturated rings. The van der Waals surface area contributed by atoms with Crippen LogP contribution in [0.1, 0.15) is 43.2 Å². The Labute approximate surface area is 306 Å². The van der Waals surface area contributed by atoms with Gasteiger partial charge in [0, 0.05) is 89.9 Å². The van der Waals surface area contributed by atoms with Crippen molar-refractivity contribution in [3.63, 3.8) is 0 Å². The summed E-state index contributed by atoms with van der Waals surface area (Å²) in [7, 11) is 3.24. The van der Waals surface area contributed by atoms with Gasteiger partial charge in [-0.1, -0.05) is 77.3 Å². The maximum atomic E-state index is 11.8. The highest BCUT2D eigenvalue weighted by Gasteiger charge is 2.48. The highest BCUT2D eigenvalue weighted by Crippen LogP contribution is 2.44.